The summed E-state index contributed by atoms with van der Waals surface area (Å²) in [6.45, 7) is 1.11. The third-order valence-corrected chi connectivity index (χ3v) is 2.46. The van der Waals surface area contributed by atoms with Gasteiger partial charge in [0.1, 0.15) is 0 Å². The normalized spacial score (nSPS) is 11.6. The van der Waals surface area contributed by atoms with E-state index in [2.05, 4.69) is 5.32 Å². The molecule has 0 aliphatic rings. The fourth-order valence-corrected chi connectivity index (χ4v) is 1.53. The molecule has 0 aliphatic carbocycles. The average Bonchev–Trinajstić information content (AvgIpc) is 2.25. The van der Waals surface area contributed by atoms with Gasteiger partial charge < -0.3 is 10.1 Å². The van der Waals surface area contributed by atoms with E-state index in [4.69, 9.17) is 16.3 Å². The van der Waals surface area contributed by atoms with E-state index in [1.807, 2.05) is 0 Å². The van der Waals surface area contributed by atoms with Gasteiger partial charge in [-0.05, 0) is 24.6 Å². The van der Waals surface area contributed by atoms with Crippen LogP contribution in [0.5, 0.6) is 0 Å². The SMILES string of the molecule is COCCCNc1ccc(Cl)c(C(F)(F)F)c1. The number of benzene rings is 1. The first-order valence-corrected chi connectivity index (χ1v) is 5.42. The minimum atomic E-state index is -4.43. The van der Waals surface area contributed by atoms with Gasteiger partial charge in [-0.1, -0.05) is 11.6 Å². The Morgan fingerprint density at radius 3 is 2.65 bits per heavy atom. The summed E-state index contributed by atoms with van der Waals surface area (Å²) in [7, 11) is 1.57. The predicted molar refractivity (Wildman–Crippen MR) is 61.4 cm³/mol. The highest BCUT2D eigenvalue weighted by Gasteiger charge is 2.33. The monoisotopic (exact) mass is 267 g/mol. The van der Waals surface area contributed by atoms with Crippen molar-refractivity contribution in [3.63, 3.8) is 0 Å². The molecule has 1 aromatic carbocycles. The van der Waals surface area contributed by atoms with Crippen LogP contribution >= 0.6 is 11.6 Å². The molecule has 0 spiro atoms. The summed E-state index contributed by atoms with van der Waals surface area (Å²) in [6, 6.07) is 3.77. The third-order valence-electron chi connectivity index (χ3n) is 2.13. The Morgan fingerprint density at radius 2 is 2.06 bits per heavy atom. The zero-order valence-electron chi connectivity index (χ0n) is 9.27. The molecule has 6 heteroatoms. The first kappa shape index (κ1) is 14.1. The van der Waals surface area contributed by atoms with Gasteiger partial charge in [-0.15, -0.1) is 0 Å². The van der Waals surface area contributed by atoms with Gasteiger partial charge in [-0.2, -0.15) is 13.2 Å². The molecule has 0 saturated carbocycles. The number of rotatable bonds is 5. The van der Waals surface area contributed by atoms with Crippen LogP contribution in [0.2, 0.25) is 5.02 Å². The summed E-state index contributed by atoms with van der Waals surface area (Å²) in [5.74, 6) is 0. The lowest BCUT2D eigenvalue weighted by Crippen LogP contribution is -2.09. The predicted octanol–water partition coefficient (Wildman–Crippen LogP) is 3.81. The Hall–Kier alpha value is -0.940. The number of nitrogens with one attached hydrogen (secondary N) is 1. The van der Waals surface area contributed by atoms with Crippen LogP contribution in [-0.2, 0) is 10.9 Å². The Kier molecular flexibility index (Phi) is 5.08. The standard InChI is InChI=1S/C11H13ClF3NO/c1-17-6-2-5-16-8-3-4-10(12)9(7-8)11(13,14)15/h3-4,7,16H,2,5-6H2,1H3. The highest BCUT2D eigenvalue weighted by molar-refractivity contribution is 6.31. The molecule has 96 valence electrons. The highest BCUT2D eigenvalue weighted by Crippen LogP contribution is 2.36. The maximum absolute atomic E-state index is 12.5. The van der Waals surface area contributed by atoms with Gasteiger partial charge in [0.2, 0.25) is 0 Å². The van der Waals surface area contributed by atoms with Crippen LogP contribution in [0.25, 0.3) is 0 Å². The molecule has 0 radical (unpaired) electrons. The Bertz CT molecular complexity index is 368. The summed E-state index contributed by atoms with van der Waals surface area (Å²) < 4.78 is 42.5. The van der Waals surface area contributed by atoms with Crippen molar-refractivity contribution < 1.29 is 17.9 Å². The molecule has 0 saturated heterocycles. The van der Waals surface area contributed by atoms with E-state index in [9.17, 15) is 13.2 Å². The molecule has 1 N–H and O–H groups in total. The largest absolute Gasteiger partial charge is 0.417 e. The lowest BCUT2D eigenvalue weighted by atomic mass is 10.2. The second-order valence-electron chi connectivity index (χ2n) is 3.47. The lowest BCUT2D eigenvalue weighted by Gasteiger charge is -2.12. The smallest absolute Gasteiger partial charge is 0.385 e. The van der Waals surface area contributed by atoms with Crippen molar-refractivity contribution in [2.45, 2.75) is 12.6 Å². The molecular weight excluding hydrogens is 255 g/mol. The van der Waals surface area contributed by atoms with Crippen molar-refractivity contribution in [2.24, 2.45) is 0 Å². The maximum Gasteiger partial charge on any atom is 0.417 e. The Morgan fingerprint density at radius 1 is 1.35 bits per heavy atom. The zero-order valence-corrected chi connectivity index (χ0v) is 10.0. The fraction of sp³-hybridized carbons (Fsp3) is 0.455. The first-order valence-electron chi connectivity index (χ1n) is 5.04. The minimum Gasteiger partial charge on any atom is -0.385 e. The molecule has 0 atom stereocenters. The van der Waals surface area contributed by atoms with E-state index < -0.39 is 11.7 Å². The number of halogens is 4. The van der Waals surface area contributed by atoms with Crippen LogP contribution in [-0.4, -0.2) is 20.3 Å². The summed E-state index contributed by atoms with van der Waals surface area (Å²) >= 11 is 5.50. The van der Waals surface area contributed by atoms with Crippen molar-refractivity contribution in [3.8, 4) is 0 Å². The van der Waals surface area contributed by atoms with E-state index >= 15 is 0 Å². The van der Waals surface area contributed by atoms with Gasteiger partial charge in [0.15, 0.2) is 0 Å². The molecular formula is C11H13ClF3NO. The minimum absolute atomic E-state index is 0.292. The Labute approximate surface area is 103 Å². The van der Waals surface area contributed by atoms with Crippen molar-refractivity contribution in [1.29, 1.82) is 0 Å². The molecule has 0 bridgehead atoms. The molecule has 1 rings (SSSR count). The van der Waals surface area contributed by atoms with E-state index in [0.717, 1.165) is 12.5 Å². The summed E-state index contributed by atoms with van der Waals surface area (Å²) in [5.41, 5.74) is -0.422. The van der Waals surface area contributed by atoms with Crippen molar-refractivity contribution in [3.05, 3.63) is 28.8 Å². The summed E-state index contributed by atoms with van der Waals surface area (Å²) in [4.78, 5) is 0. The van der Waals surface area contributed by atoms with Crippen LogP contribution in [0.4, 0.5) is 18.9 Å². The quantitative estimate of drug-likeness (QED) is 0.819. The van der Waals surface area contributed by atoms with Crippen LogP contribution in [0.15, 0.2) is 18.2 Å². The second-order valence-corrected chi connectivity index (χ2v) is 3.87. The van der Waals surface area contributed by atoms with E-state index in [-0.39, 0.29) is 5.02 Å². The Balaban J connectivity index is 2.69. The molecule has 2 nitrogen and oxygen atoms in total. The van der Waals surface area contributed by atoms with E-state index in [0.29, 0.717) is 18.8 Å². The van der Waals surface area contributed by atoms with Crippen LogP contribution in [0.3, 0.4) is 0 Å². The number of ether oxygens (including phenoxy) is 1. The molecule has 0 fully saturated rings. The third kappa shape index (κ3) is 4.44. The van der Waals surface area contributed by atoms with Crippen molar-refractivity contribution >= 4 is 17.3 Å². The lowest BCUT2D eigenvalue weighted by molar-refractivity contribution is -0.137. The number of alkyl halides is 3. The highest BCUT2D eigenvalue weighted by atomic mass is 35.5. The van der Waals surface area contributed by atoms with Crippen molar-refractivity contribution in [2.75, 3.05) is 25.6 Å². The fourth-order valence-electron chi connectivity index (χ4n) is 1.30. The van der Waals surface area contributed by atoms with Crippen LogP contribution < -0.4 is 5.32 Å². The molecule has 0 aromatic heterocycles. The molecule has 17 heavy (non-hydrogen) atoms. The van der Waals surface area contributed by atoms with Gasteiger partial charge in [-0.25, -0.2) is 0 Å². The van der Waals surface area contributed by atoms with Gasteiger partial charge in [-0.3, -0.25) is 0 Å². The maximum atomic E-state index is 12.5. The molecule has 0 unspecified atom stereocenters. The average molecular weight is 268 g/mol. The number of anilines is 1. The zero-order chi connectivity index (χ0) is 12.9. The topological polar surface area (TPSA) is 21.3 Å². The summed E-state index contributed by atoms with van der Waals surface area (Å²) in [5, 5.41) is 2.59. The molecule has 1 aromatic rings. The van der Waals surface area contributed by atoms with Gasteiger partial charge in [0.25, 0.3) is 0 Å². The van der Waals surface area contributed by atoms with E-state index in [1.54, 1.807) is 7.11 Å². The summed E-state index contributed by atoms with van der Waals surface area (Å²) in [6.07, 6.45) is -3.71. The number of hydrogen-bond acceptors (Lipinski definition) is 2. The molecule has 0 aliphatic heterocycles. The van der Waals surface area contributed by atoms with Crippen LogP contribution in [0, 0.1) is 0 Å². The molecule has 0 heterocycles. The van der Waals surface area contributed by atoms with E-state index in [1.165, 1.54) is 12.1 Å². The number of hydrogen-bond donors (Lipinski definition) is 1. The van der Waals surface area contributed by atoms with Gasteiger partial charge in [0.05, 0.1) is 10.6 Å². The van der Waals surface area contributed by atoms with Gasteiger partial charge >= 0.3 is 6.18 Å². The van der Waals surface area contributed by atoms with Crippen molar-refractivity contribution in [1.82, 2.24) is 0 Å². The van der Waals surface area contributed by atoms with Gasteiger partial charge in [0, 0.05) is 25.9 Å². The first-order chi connectivity index (χ1) is 7.95. The van der Waals surface area contributed by atoms with Crippen LogP contribution in [0.1, 0.15) is 12.0 Å². The number of methoxy groups -OCH3 is 1. The second kappa shape index (κ2) is 6.12. The molecule has 0 amide bonds.